The first-order valence-corrected chi connectivity index (χ1v) is 4.48. The van der Waals surface area contributed by atoms with Crippen LogP contribution in [0.15, 0.2) is 53.6 Å². The largest absolute Gasteiger partial charge is 0.448 e. The average Bonchev–Trinajstić information content (AvgIpc) is 2.77. The molecule has 1 rings (SSSR count). The van der Waals surface area contributed by atoms with E-state index in [9.17, 15) is 4.39 Å². The van der Waals surface area contributed by atoms with E-state index < -0.39 is 11.7 Å². The van der Waals surface area contributed by atoms with Crippen molar-refractivity contribution in [2.45, 2.75) is 5.92 Å². The molecule has 0 amide bonds. The van der Waals surface area contributed by atoms with Crippen molar-refractivity contribution in [1.82, 2.24) is 4.98 Å². The first kappa shape index (κ1) is 11.4. The maximum absolute atomic E-state index is 13.4. The molecule has 0 aliphatic carbocycles. The van der Waals surface area contributed by atoms with E-state index in [4.69, 9.17) is 10.2 Å². The molecule has 1 atom stereocenters. The number of nitrogens with zero attached hydrogens (tertiary/aromatic N) is 1. The molecule has 2 N–H and O–H groups in total. The summed E-state index contributed by atoms with van der Waals surface area (Å²) >= 11 is 0. The minimum atomic E-state index is -0.460. The zero-order valence-corrected chi connectivity index (χ0v) is 8.32. The molecule has 80 valence electrons. The predicted molar refractivity (Wildman–Crippen MR) is 56.8 cm³/mol. The molecule has 0 saturated carbocycles. The monoisotopic (exact) mass is 208 g/mol. The maximum Gasteiger partial charge on any atom is 0.202 e. The fourth-order valence-electron chi connectivity index (χ4n) is 1.29. The highest BCUT2D eigenvalue weighted by atomic mass is 19.1. The van der Waals surface area contributed by atoms with Crippen LogP contribution in [0, 0.1) is 0 Å². The highest BCUT2D eigenvalue weighted by molar-refractivity contribution is 5.34. The van der Waals surface area contributed by atoms with Gasteiger partial charge in [0.15, 0.2) is 0 Å². The molecule has 0 fully saturated rings. The molecule has 1 unspecified atom stereocenters. The van der Waals surface area contributed by atoms with Crippen LogP contribution in [0.4, 0.5) is 4.39 Å². The zero-order valence-electron chi connectivity index (χ0n) is 8.32. The minimum Gasteiger partial charge on any atom is -0.448 e. The Kier molecular flexibility index (Phi) is 4.00. The van der Waals surface area contributed by atoms with Gasteiger partial charge in [-0.1, -0.05) is 19.2 Å². The van der Waals surface area contributed by atoms with E-state index in [1.54, 1.807) is 0 Å². The summed E-state index contributed by atoms with van der Waals surface area (Å²) in [6.45, 7) is 7.09. The highest BCUT2D eigenvalue weighted by Crippen LogP contribution is 2.26. The average molecular weight is 208 g/mol. The second-order valence-corrected chi connectivity index (χ2v) is 2.87. The van der Waals surface area contributed by atoms with E-state index in [-0.39, 0.29) is 6.54 Å². The van der Waals surface area contributed by atoms with Gasteiger partial charge in [0.05, 0.1) is 12.1 Å². The van der Waals surface area contributed by atoms with E-state index in [1.165, 1.54) is 18.5 Å². The van der Waals surface area contributed by atoms with Crippen molar-refractivity contribution < 1.29 is 8.81 Å². The van der Waals surface area contributed by atoms with Crippen LogP contribution in [0.2, 0.25) is 0 Å². The lowest BCUT2D eigenvalue weighted by atomic mass is 9.98. The van der Waals surface area contributed by atoms with Crippen LogP contribution in [-0.2, 0) is 0 Å². The number of oxazole rings is 1. The lowest BCUT2D eigenvalue weighted by Crippen LogP contribution is -2.15. The van der Waals surface area contributed by atoms with Crippen LogP contribution in [0.3, 0.4) is 0 Å². The van der Waals surface area contributed by atoms with Gasteiger partial charge in [-0.3, -0.25) is 0 Å². The second-order valence-electron chi connectivity index (χ2n) is 2.87. The number of hydrogen-bond donors (Lipinski definition) is 1. The third-order valence-electron chi connectivity index (χ3n) is 2.04. The molecular formula is C11H13FN2O. The van der Waals surface area contributed by atoms with Gasteiger partial charge in [0.1, 0.15) is 12.1 Å². The van der Waals surface area contributed by atoms with Gasteiger partial charge < -0.3 is 10.2 Å². The first-order valence-electron chi connectivity index (χ1n) is 4.48. The molecule has 1 heterocycles. The molecule has 1 aromatic heterocycles. The number of rotatable bonds is 5. The first-order chi connectivity index (χ1) is 7.24. The molecule has 0 radical (unpaired) electrons. The highest BCUT2D eigenvalue weighted by Gasteiger charge is 2.20. The molecule has 3 nitrogen and oxygen atoms in total. The third-order valence-corrected chi connectivity index (χ3v) is 2.04. The number of hydrogen-bond acceptors (Lipinski definition) is 3. The van der Waals surface area contributed by atoms with E-state index in [2.05, 4.69) is 18.1 Å². The Morgan fingerprint density at radius 1 is 1.60 bits per heavy atom. The molecule has 0 aliphatic rings. The molecule has 0 spiro atoms. The van der Waals surface area contributed by atoms with Gasteiger partial charge >= 0.3 is 0 Å². The standard InChI is InChI=1S/C11H13FN2O/c1-3-8(10(12)4-2)9(7-13)11-14-5-6-15-11/h3-6,9H,1-2,7,13H2/b10-8-. The van der Waals surface area contributed by atoms with Crippen LogP contribution in [0.5, 0.6) is 0 Å². The molecule has 1 aromatic rings. The van der Waals surface area contributed by atoms with Gasteiger partial charge in [0.2, 0.25) is 5.89 Å². The van der Waals surface area contributed by atoms with Crippen molar-refractivity contribution in [3.8, 4) is 0 Å². The number of nitrogens with two attached hydrogens (primary N) is 1. The van der Waals surface area contributed by atoms with Gasteiger partial charge in [-0.05, 0) is 6.08 Å². The summed E-state index contributed by atoms with van der Waals surface area (Å²) < 4.78 is 18.5. The van der Waals surface area contributed by atoms with Crippen LogP contribution < -0.4 is 5.73 Å². The molecule has 4 heteroatoms. The SMILES string of the molecule is C=C/C(F)=C(\C=C)C(CN)c1ncco1. The fraction of sp³-hybridized carbons (Fsp3) is 0.182. The van der Waals surface area contributed by atoms with Crippen molar-refractivity contribution in [3.05, 3.63) is 55.1 Å². The van der Waals surface area contributed by atoms with Crippen molar-refractivity contribution >= 4 is 0 Å². The van der Waals surface area contributed by atoms with Crippen molar-refractivity contribution in [1.29, 1.82) is 0 Å². The summed E-state index contributed by atoms with van der Waals surface area (Å²) in [7, 11) is 0. The fourth-order valence-corrected chi connectivity index (χ4v) is 1.29. The van der Waals surface area contributed by atoms with E-state index in [1.807, 2.05) is 0 Å². The summed E-state index contributed by atoms with van der Waals surface area (Å²) in [5.41, 5.74) is 5.89. The van der Waals surface area contributed by atoms with Gasteiger partial charge in [0.25, 0.3) is 0 Å². The Balaban J connectivity index is 3.11. The van der Waals surface area contributed by atoms with Gasteiger partial charge in [-0.15, -0.1) is 0 Å². The Morgan fingerprint density at radius 3 is 2.73 bits per heavy atom. The topological polar surface area (TPSA) is 52.0 Å². The summed E-state index contributed by atoms with van der Waals surface area (Å²) in [4.78, 5) is 3.94. The van der Waals surface area contributed by atoms with Crippen molar-refractivity contribution in [2.75, 3.05) is 6.54 Å². The molecule has 0 saturated heterocycles. The predicted octanol–water partition coefficient (Wildman–Crippen LogP) is 2.31. The lowest BCUT2D eigenvalue weighted by molar-refractivity contribution is 0.467. The van der Waals surface area contributed by atoms with E-state index >= 15 is 0 Å². The quantitative estimate of drug-likeness (QED) is 0.755. The van der Waals surface area contributed by atoms with Gasteiger partial charge in [-0.2, -0.15) is 0 Å². The van der Waals surface area contributed by atoms with Crippen LogP contribution in [0.25, 0.3) is 0 Å². The number of aromatic nitrogens is 1. The van der Waals surface area contributed by atoms with Gasteiger partial charge in [0, 0.05) is 12.1 Å². The zero-order chi connectivity index (χ0) is 11.3. The molecule has 0 aliphatic heterocycles. The minimum absolute atomic E-state index is 0.198. The smallest absolute Gasteiger partial charge is 0.202 e. The summed E-state index contributed by atoms with van der Waals surface area (Å²) in [6.07, 6.45) is 5.43. The van der Waals surface area contributed by atoms with Crippen LogP contribution in [0.1, 0.15) is 11.8 Å². The Labute approximate surface area is 87.8 Å². The number of halogens is 1. The number of allylic oxidation sites excluding steroid dienone is 3. The molecule has 0 aromatic carbocycles. The Bertz CT molecular complexity index is 368. The summed E-state index contributed by atoms with van der Waals surface area (Å²) in [5, 5.41) is 0. The molecule has 0 bridgehead atoms. The second kappa shape index (κ2) is 5.26. The van der Waals surface area contributed by atoms with Crippen molar-refractivity contribution in [2.24, 2.45) is 5.73 Å². The third kappa shape index (κ3) is 2.41. The van der Waals surface area contributed by atoms with E-state index in [0.29, 0.717) is 11.5 Å². The van der Waals surface area contributed by atoms with Gasteiger partial charge in [-0.25, -0.2) is 9.37 Å². The Hall–Kier alpha value is -1.68. The molecule has 15 heavy (non-hydrogen) atoms. The van der Waals surface area contributed by atoms with Crippen molar-refractivity contribution in [3.63, 3.8) is 0 Å². The van der Waals surface area contributed by atoms with E-state index in [0.717, 1.165) is 6.08 Å². The Morgan fingerprint density at radius 2 is 2.33 bits per heavy atom. The molecular weight excluding hydrogens is 195 g/mol. The summed E-state index contributed by atoms with van der Waals surface area (Å²) in [6, 6.07) is 0. The normalized spacial score (nSPS) is 14.3. The van der Waals surface area contributed by atoms with Crippen LogP contribution in [-0.4, -0.2) is 11.5 Å². The maximum atomic E-state index is 13.4. The van der Waals surface area contributed by atoms with Crippen LogP contribution >= 0.6 is 0 Å². The summed E-state index contributed by atoms with van der Waals surface area (Å²) in [5.74, 6) is -0.501. The lowest BCUT2D eigenvalue weighted by Gasteiger charge is -2.12.